The molecule has 9 heteroatoms. The number of ether oxygens (including phenoxy) is 1. The van der Waals surface area contributed by atoms with Crippen molar-refractivity contribution in [3.05, 3.63) is 49.3 Å². The zero-order chi connectivity index (χ0) is 14.9. The average molecular weight is 335 g/mol. The topological polar surface area (TPSA) is 78.2 Å². The highest BCUT2D eigenvalue weighted by molar-refractivity contribution is 6.34. The number of nitrogens with zero attached hydrogens (tertiary/aromatic N) is 3. The summed E-state index contributed by atoms with van der Waals surface area (Å²) in [6.45, 7) is 1.43. The molecule has 0 atom stereocenters. The molecule has 1 aromatic carbocycles. The highest BCUT2D eigenvalue weighted by Gasteiger charge is 2.24. The van der Waals surface area contributed by atoms with Gasteiger partial charge in [0, 0.05) is 10.0 Å². The summed E-state index contributed by atoms with van der Waals surface area (Å²) in [7, 11) is 0. The minimum atomic E-state index is -0.646. The van der Waals surface area contributed by atoms with Crippen LogP contribution in [0.25, 0.3) is 0 Å². The zero-order valence-corrected chi connectivity index (χ0v) is 12.2. The summed E-state index contributed by atoms with van der Waals surface area (Å²) >= 11 is 17.3. The van der Waals surface area contributed by atoms with Crippen molar-refractivity contribution in [2.24, 2.45) is 0 Å². The highest BCUT2D eigenvalue weighted by atomic mass is 35.5. The van der Waals surface area contributed by atoms with E-state index in [-0.39, 0.29) is 28.3 Å². The average Bonchev–Trinajstić information content (AvgIpc) is 2.25. The molecule has 0 N–H and O–H groups in total. The quantitative estimate of drug-likeness (QED) is 0.471. The van der Waals surface area contributed by atoms with Gasteiger partial charge in [0.2, 0.25) is 5.28 Å². The normalized spacial score (nSPS) is 10.4. The molecular formula is C11H6Cl3N3O3. The fraction of sp³-hybridized carbons (Fsp3) is 0.0909. The molecule has 2 rings (SSSR count). The summed E-state index contributed by atoms with van der Waals surface area (Å²) in [5.41, 5.74) is -0.274. The lowest BCUT2D eigenvalue weighted by molar-refractivity contribution is -0.386. The molecule has 2 aromatic rings. The van der Waals surface area contributed by atoms with Gasteiger partial charge in [-0.3, -0.25) is 10.1 Å². The molecule has 0 radical (unpaired) electrons. The fourth-order valence-electron chi connectivity index (χ4n) is 1.49. The van der Waals surface area contributed by atoms with Gasteiger partial charge in [-0.05, 0) is 36.7 Å². The second-order valence-corrected chi connectivity index (χ2v) is 4.91. The van der Waals surface area contributed by atoms with Gasteiger partial charge in [-0.25, -0.2) is 4.98 Å². The third-order valence-corrected chi connectivity index (χ3v) is 2.84. The number of halogens is 3. The summed E-state index contributed by atoms with van der Waals surface area (Å²) in [4.78, 5) is 17.8. The Kier molecular flexibility index (Phi) is 4.27. The van der Waals surface area contributed by atoms with Gasteiger partial charge < -0.3 is 4.74 Å². The van der Waals surface area contributed by atoms with E-state index in [1.54, 1.807) is 0 Å². The molecule has 0 bridgehead atoms. The maximum absolute atomic E-state index is 11.0. The molecule has 104 valence electrons. The van der Waals surface area contributed by atoms with Crippen molar-refractivity contribution in [1.29, 1.82) is 0 Å². The minimum absolute atomic E-state index is 0.0955. The fourth-order valence-corrected chi connectivity index (χ4v) is 2.20. The number of rotatable bonds is 3. The molecule has 0 spiro atoms. The van der Waals surface area contributed by atoms with E-state index in [0.717, 1.165) is 0 Å². The van der Waals surface area contributed by atoms with Gasteiger partial charge in [0.1, 0.15) is 11.4 Å². The molecule has 0 aliphatic heterocycles. The Morgan fingerprint density at radius 1 is 1.15 bits per heavy atom. The summed E-state index contributed by atoms with van der Waals surface area (Å²) < 4.78 is 5.35. The Morgan fingerprint density at radius 2 is 1.75 bits per heavy atom. The van der Waals surface area contributed by atoms with Gasteiger partial charge in [0.25, 0.3) is 0 Å². The van der Waals surface area contributed by atoms with Gasteiger partial charge in [-0.1, -0.05) is 23.2 Å². The SMILES string of the molecule is Cc1nc(Cl)nc(Oc2cc(Cl)cc(Cl)c2)c1[N+](=O)[O-]. The van der Waals surface area contributed by atoms with Crippen LogP contribution in [0.2, 0.25) is 15.3 Å². The Bertz CT molecular complexity index is 674. The summed E-state index contributed by atoms with van der Waals surface area (Å²) in [5, 5.41) is 11.5. The smallest absolute Gasteiger partial charge is 0.352 e. The van der Waals surface area contributed by atoms with Gasteiger partial charge in [0.05, 0.1) is 4.92 Å². The van der Waals surface area contributed by atoms with Crippen LogP contribution in [0.5, 0.6) is 11.6 Å². The first-order valence-electron chi connectivity index (χ1n) is 5.19. The number of benzene rings is 1. The summed E-state index contributed by atoms with van der Waals surface area (Å²) in [5.74, 6) is -0.0643. The molecule has 0 fully saturated rings. The molecule has 1 aromatic heterocycles. The Morgan fingerprint density at radius 3 is 2.30 bits per heavy atom. The van der Waals surface area contributed by atoms with Crippen molar-refractivity contribution in [2.45, 2.75) is 6.92 Å². The van der Waals surface area contributed by atoms with Crippen molar-refractivity contribution in [1.82, 2.24) is 9.97 Å². The number of aromatic nitrogens is 2. The van der Waals surface area contributed by atoms with Crippen LogP contribution in [0.4, 0.5) is 5.69 Å². The Hall–Kier alpha value is -1.63. The largest absolute Gasteiger partial charge is 0.433 e. The van der Waals surface area contributed by atoms with Crippen LogP contribution >= 0.6 is 34.8 Å². The van der Waals surface area contributed by atoms with Crippen LogP contribution in [0, 0.1) is 17.0 Å². The maximum Gasteiger partial charge on any atom is 0.352 e. The first-order valence-corrected chi connectivity index (χ1v) is 6.32. The number of nitro groups is 1. The third-order valence-electron chi connectivity index (χ3n) is 2.23. The van der Waals surface area contributed by atoms with E-state index >= 15 is 0 Å². The monoisotopic (exact) mass is 333 g/mol. The van der Waals surface area contributed by atoms with E-state index in [9.17, 15) is 10.1 Å². The van der Waals surface area contributed by atoms with Gasteiger partial charge in [0.15, 0.2) is 0 Å². The lowest BCUT2D eigenvalue weighted by atomic mass is 10.3. The van der Waals surface area contributed by atoms with Gasteiger partial charge in [-0.15, -0.1) is 0 Å². The van der Waals surface area contributed by atoms with Crippen molar-refractivity contribution in [2.75, 3.05) is 0 Å². The molecule has 0 unspecified atom stereocenters. The van der Waals surface area contributed by atoms with Gasteiger partial charge in [-0.2, -0.15) is 4.98 Å². The first-order chi connectivity index (χ1) is 9.36. The van der Waals surface area contributed by atoms with Crippen LogP contribution in [0.3, 0.4) is 0 Å². The summed E-state index contributed by atoms with van der Waals surface area (Å²) in [6, 6.07) is 4.40. The van der Waals surface area contributed by atoms with E-state index in [1.807, 2.05) is 0 Å². The van der Waals surface area contributed by atoms with Crippen LogP contribution in [-0.4, -0.2) is 14.9 Å². The Labute approximate surface area is 128 Å². The highest BCUT2D eigenvalue weighted by Crippen LogP contribution is 2.34. The number of hydrogen-bond acceptors (Lipinski definition) is 5. The predicted octanol–water partition coefficient (Wildman–Crippen LogP) is 4.45. The van der Waals surface area contributed by atoms with Crippen LogP contribution in [-0.2, 0) is 0 Å². The minimum Gasteiger partial charge on any atom is -0.433 e. The second kappa shape index (κ2) is 5.78. The summed E-state index contributed by atoms with van der Waals surface area (Å²) in [6.07, 6.45) is 0. The molecule has 0 aliphatic rings. The van der Waals surface area contributed by atoms with Crippen molar-refractivity contribution in [3.63, 3.8) is 0 Å². The molecule has 20 heavy (non-hydrogen) atoms. The van der Waals surface area contributed by atoms with E-state index in [1.165, 1.54) is 25.1 Å². The number of aryl methyl sites for hydroxylation is 1. The molecule has 6 nitrogen and oxygen atoms in total. The van der Waals surface area contributed by atoms with Crippen LogP contribution in [0.1, 0.15) is 5.69 Å². The van der Waals surface area contributed by atoms with E-state index in [0.29, 0.717) is 10.0 Å². The Balaban J connectivity index is 2.49. The maximum atomic E-state index is 11.0. The van der Waals surface area contributed by atoms with Crippen molar-refractivity contribution < 1.29 is 9.66 Å². The predicted molar refractivity (Wildman–Crippen MR) is 75.0 cm³/mol. The first kappa shape index (κ1) is 14.8. The second-order valence-electron chi connectivity index (χ2n) is 3.70. The van der Waals surface area contributed by atoms with E-state index < -0.39 is 4.92 Å². The zero-order valence-electron chi connectivity index (χ0n) is 9.93. The number of hydrogen-bond donors (Lipinski definition) is 0. The lowest BCUT2D eigenvalue weighted by Gasteiger charge is -2.07. The van der Waals surface area contributed by atoms with E-state index in [4.69, 9.17) is 39.5 Å². The van der Waals surface area contributed by atoms with Crippen LogP contribution < -0.4 is 4.74 Å². The van der Waals surface area contributed by atoms with Crippen molar-refractivity contribution >= 4 is 40.5 Å². The molecule has 0 amide bonds. The molecule has 0 saturated carbocycles. The molecule has 1 heterocycles. The molecular weight excluding hydrogens is 328 g/mol. The van der Waals surface area contributed by atoms with Crippen LogP contribution in [0.15, 0.2) is 18.2 Å². The lowest BCUT2D eigenvalue weighted by Crippen LogP contribution is -2.01. The standard InChI is InChI=1S/C11H6Cl3N3O3/c1-5-9(17(18)19)10(16-11(14)15-5)20-8-3-6(12)2-7(13)4-8/h2-4H,1H3. The third kappa shape index (κ3) is 3.27. The van der Waals surface area contributed by atoms with E-state index in [2.05, 4.69) is 9.97 Å². The molecule has 0 saturated heterocycles. The van der Waals surface area contributed by atoms with Gasteiger partial charge >= 0.3 is 11.6 Å². The molecule has 0 aliphatic carbocycles. The van der Waals surface area contributed by atoms with Crippen molar-refractivity contribution in [3.8, 4) is 11.6 Å².